The Morgan fingerprint density at radius 3 is 2.72 bits per heavy atom. The number of carbonyl (C=O) groups excluding carboxylic acids is 1. The minimum absolute atomic E-state index is 0.0213. The maximum atomic E-state index is 13.3. The van der Waals surface area contributed by atoms with Crippen molar-refractivity contribution < 1.29 is 9.18 Å². The SMILES string of the molecule is O=C(NCCCN1CCc2ccccc2C1)C1CCCn2c(-c3ccc(F)cc3)nnc21. The number of fused-ring (bicyclic) bond motifs is 2. The van der Waals surface area contributed by atoms with Crippen LogP contribution in [0.3, 0.4) is 0 Å². The van der Waals surface area contributed by atoms with Gasteiger partial charge in [-0.1, -0.05) is 24.3 Å². The zero-order chi connectivity index (χ0) is 21.9. The van der Waals surface area contributed by atoms with E-state index in [-0.39, 0.29) is 17.6 Å². The molecule has 1 amide bonds. The largest absolute Gasteiger partial charge is 0.355 e. The van der Waals surface area contributed by atoms with Crippen molar-refractivity contribution in [1.29, 1.82) is 0 Å². The molecule has 1 unspecified atom stereocenters. The minimum atomic E-state index is -0.285. The summed E-state index contributed by atoms with van der Waals surface area (Å²) >= 11 is 0. The van der Waals surface area contributed by atoms with E-state index in [2.05, 4.69) is 44.7 Å². The van der Waals surface area contributed by atoms with E-state index in [1.165, 1.54) is 23.3 Å². The van der Waals surface area contributed by atoms with Gasteiger partial charge in [0.25, 0.3) is 0 Å². The first-order valence-electron chi connectivity index (χ1n) is 11.4. The number of amides is 1. The van der Waals surface area contributed by atoms with Crippen LogP contribution in [0.5, 0.6) is 0 Å². The van der Waals surface area contributed by atoms with Gasteiger partial charge in [0.2, 0.25) is 5.91 Å². The summed E-state index contributed by atoms with van der Waals surface area (Å²) in [6.45, 7) is 4.47. The van der Waals surface area contributed by atoms with E-state index in [0.717, 1.165) is 57.4 Å². The van der Waals surface area contributed by atoms with Gasteiger partial charge in [-0.05, 0) is 61.1 Å². The number of hydrogen-bond acceptors (Lipinski definition) is 4. The summed E-state index contributed by atoms with van der Waals surface area (Å²) in [6, 6.07) is 14.9. The Kier molecular flexibility index (Phi) is 5.99. The topological polar surface area (TPSA) is 63.1 Å². The number of aromatic nitrogens is 3. The van der Waals surface area contributed by atoms with Crippen LogP contribution in [0.25, 0.3) is 11.4 Å². The number of hydrogen-bond donors (Lipinski definition) is 1. The quantitative estimate of drug-likeness (QED) is 0.604. The van der Waals surface area contributed by atoms with Crippen molar-refractivity contribution >= 4 is 5.91 Å². The zero-order valence-corrected chi connectivity index (χ0v) is 18.1. The molecule has 3 aromatic rings. The summed E-state index contributed by atoms with van der Waals surface area (Å²) in [7, 11) is 0. The predicted molar refractivity (Wildman–Crippen MR) is 120 cm³/mol. The van der Waals surface area contributed by atoms with Gasteiger partial charge >= 0.3 is 0 Å². The monoisotopic (exact) mass is 433 g/mol. The van der Waals surface area contributed by atoms with Crippen molar-refractivity contribution in [3.8, 4) is 11.4 Å². The van der Waals surface area contributed by atoms with Crippen molar-refractivity contribution in [2.24, 2.45) is 0 Å². The molecular formula is C25H28FN5O. The van der Waals surface area contributed by atoms with Gasteiger partial charge in [-0.15, -0.1) is 10.2 Å². The van der Waals surface area contributed by atoms with Crippen molar-refractivity contribution in [2.75, 3.05) is 19.6 Å². The molecule has 5 rings (SSSR count). The fraction of sp³-hybridized carbons (Fsp3) is 0.400. The number of carbonyl (C=O) groups is 1. The molecule has 166 valence electrons. The second kappa shape index (κ2) is 9.20. The molecule has 1 aromatic heterocycles. The van der Waals surface area contributed by atoms with Gasteiger partial charge in [0, 0.05) is 38.3 Å². The number of nitrogens with one attached hydrogen (secondary N) is 1. The van der Waals surface area contributed by atoms with Crippen molar-refractivity contribution in [1.82, 2.24) is 25.0 Å². The molecule has 0 spiro atoms. The predicted octanol–water partition coefficient (Wildman–Crippen LogP) is 3.53. The number of rotatable bonds is 6. The van der Waals surface area contributed by atoms with E-state index in [1.807, 2.05) is 4.57 Å². The Balaban J connectivity index is 1.16. The Labute approximate surface area is 187 Å². The lowest BCUT2D eigenvalue weighted by atomic mass is 9.97. The van der Waals surface area contributed by atoms with Gasteiger partial charge in [0.15, 0.2) is 5.82 Å². The van der Waals surface area contributed by atoms with E-state index >= 15 is 0 Å². The third kappa shape index (κ3) is 4.30. The lowest BCUT2D eigenvalue weighted by molar-refractivity contribution is -0.123. The van der Waals surface area contributed by atoms with E-state index in [1.54, 1.807) is 12.1 Å². The summed E-state index contributed by atoms with van der Waals surface area (Å²) in [5.74, 6) is 0.863. The summed E-state index contributed by atoms with van der Waals surface area (Å²) in [6.07, 6.45) is 3.69. The maximum Gasteiger partial charge on any atom is 0.230 e. The van der Waals surface area contributed by atoms with Gasteiger partial charge in [0.05, 0.1) is 5.92 Å². The molecule has 0 bridgehead atoms. The highest BCUT2D eigenvalue weighted by Crippen LogP contribution is 2.30. The summed E-state index contributed by atoms with van der Waals surface area (Å²) < 4.78 is 15.3. The van der Waals surface area contributed by atoms with Crippen molar-refractivity contribution in [3.63, 3.8) is 0 Å². The average Bonchev–Trinajstić information content (AvgIpc) is 3.26. The molecule has 1 atom stereocenters. The highest BCUT2D eigenvalue weighted by molar-refractivity contribution is 5.83. The van der Waals surface area contributed by atoms with Crippen LogP contribution < -0.4 is 5.32 Å². The van der Waals surface area contributed by atoms with Crippen LogP contribution in [0.1, 0.15) is 42.1 Å². The van der Waals surface area contributed by atoms with Crippen LogP contribution in [-0.2, 0) is 24.3 Å². The van der Waals surface area contributed by atoms with E-state index < -0.39 is 0 Å². The smallest absolute Gasteiger partial charge is 0.230 e. The molecule has 0 aliphatic carbocycles. The maximum absolute atomic E-state index is 13.3. The molecule has 3 heterocycles. The Morgan fingerprint density at radius 2 is 1.88 bits per heavy atom. The first-order valence-corrected chi connectivity index (χ1v) is 11.4. The lowest BCUT2D eigenvalue weighted by Gasteiger charge is -2.28. The molecule has 0 saturated heterocycles. The van der Waals surface area contributed by atoms with Gasteiger partial charge in [-0.3, -0.25) is 9.69 Å². The Hall–Kier alpha value is -3.06. The van der Waals surface area contributed by atoms with Crippen LogP contribution in [0.4, 0.5) is 4.39 Å². The van der Waals surface area contributed by atoms with Crippen LogP contribution in [-0.4, -0.2) is 45.2 Å². The highest BCUT2D eigenvalue weighted by atomic mass is 19.1. The third-order valence-electron chi connectivity index (χ3n) is 6.54. The van der Waals surface area contributed by atoms with Gasteiger partial charge < -0.3 is 9.88 Å². The van der Waals surface area contributed by atoms with Crippen LogP contribution in [0, 0.1) is 5.82 Å². The molecule has 7 heteroatoms. The normalized spacial score (nSPS) is 18.1. The fourth-order valence-corrected chi connectivity index (χ4v) is 4.82. The van der Waals surface area contributed by atoms with Crippen LogP contribution >= 0.6 is 0 Å². The highest BCUT2D eigenvalue weighted by Gasteiger charge is 2.31. The first-order chi connectivity index (χ1) is 15.7. The van der Waals surface area contributed by atoms with Gasteiger partial charge in [-0.2, -0.15) is 0 Å². The van der Waals surface area contributed by atoms with E-state index in [4.69, 9.17) is 0 Å². The average molecular weight is 434 g/mol. The van der Waals surface area contributed by atoms with Crippen LogP contribution in [0.15, 0.2) is 48.5 Å². The second-order valence-corrected chi connectivity index (χ2v) is 8.67. The van der Waals surface area contributed by atoms with E-state index in [9.17, 15) is 9.18 Å². The molecule has 32 heavy (non-hydrogen) atoms. The summed E-state index contributed by atoms with van der Waals surface area (Å²) in [5.41, 5.74) is 3.69. The van der Waals surface area contributed by atoms with Crippen molar-refractivity contribution in [2.45, 2.75) is 44.7 Å². The first kappa shape index (κ1) is 20.8. The number of benzene rings is 2. The molecule has 2 aromatic carbocycles. The zero-order valence-electron chi connectivity index (χ0n) is 18.1. The van der Waals surface area contributed by atoms with Gasteiger partial charge in [-0.25, -0.2) is 4.39 Å². The molecular weight excluding hydrogens is 405 g/mol. The lowest BCUT2D eigenvalue weighted by Crippen LogP contribution is -2.36. The second-order valence-electron chi connectivity index (χ2n) is 8.67. The molecule has 2 aliphatic heterocycles. The standard InChI is InChI=1S/C25H28FN5O/c26-21-10-8-19(9-11-21)23-28-29-24-22(7-3-15-31(23)24)25(32)27-13-4-14-30-16-12-18-5-1-2-6-20(18)17-30/h1-2,5-6,8-11,22H,3-4,7,12-17H2,(H,27,32). The van der Waals surface area contributed by atoms with E-state index in [0.29, 0.717) is 18.2 Å². The van der Waals surface area contributed by atoms with Crippen LogP contribution in [0.2, 0.25) is 0 Å². The minimum Gasteiger partial charge on any atom is -0.355 e. The van der Waals surface area contributed by atoms with Gasteiger partial charge in [0.1, 0.15) is 11.6 Å². The molecule has 0 saturated carbocycles. The van der Waals surface area contributed by atoms with Crippen molar-refractivity contribution in [3.05, 3.63) is 71.3 Å². The molecule has 0 fully saturated rings. The fourth-order valence-electron chi connectivity index (χ4n) is 4.82. The third-order valence-corrected chi connectivity index (χ3v) is 6.54. The molecule has 1 N–H and O–H groups in total. The molecule has 2 aliphatic rings. The number of nitrogens with zero attached hydrogens (tertiary/aromatic N) is 4. The summed E-state index contributed by atoms with van der Waals surface area (Å²) in [4.78, 5) is 15.4. The summed E-state index contributed by atoms with van der Waals surface area (Å²) in [5, 5.41) is 11.8. The molecule has 0 radical (unpaired) electrons. The Bertz CT molecular complexity index is 1090. The number of halogens is 1. The molecule has 6 nitrogen and oxygen atoms in total. The Morgan fingerprint density at radius 1 is 1.06 bits per heavy atom.